The fraction of sp³-hybridized carbons (Fsp3) is 0.667. The molecule has 0 heterocycles. The van der Waals surface area contributed by atoms with E-state index < -0.39 is 42.4 Å². The number of allylic oxidation sites excluding steroid dienone is 3. The third kappa shape index (κ3) is 7.59. The molecule has 0 saturated heterocycles. The Hall–Kier alpha value is -1.83. The van der Waals surface area contributed by atoms with Crippen LogP contribution < -0.4 is 11.1 Å². The first-order chi connectivity index (χ1) is 12.1. The molecule has 4 N–H and O–H groups in total. The molecule has 0 bridgehead atoms. The van der Waals surface area contributed by atoms with E-state index in [1.165, 1.54) is 12.2 Å². The lowest BCUT2D eigenvalue weighted by Gasteiger charge is -2.28. The van der Waals surface area contributed by atoms with E-state index in [-0.39, 0.29) is 5.70 Å². The third-order valence-corrected chi connectivity index (χ3v) is 4.36. The Morgan fingerprint density at radius 3 is 2.50 bits per heavy atom. The number of nitrogens with two attached hydrogens (primary N) is 1. The van der Waals surface area contributed by atoms with Crippen LogP contribution in [0.1, 0.15) is 51.9 Å². The van der Waals surface area contributed by atoms with Gasteiger partial charge in [0.2, 0.25) is 5.91 Å². The molecule has 0 spiro atoms. The van der Waals surface area contributed by atoms with E-state index in [1.54, 1.807) is 0 Å². The van der Waals surface area contributed by atoms with E-state index >= 15 is 0 Å². The van der Waals surface area contributed by atoms with Gasteiger partial charge in [-0.2, -0.15) is 13.2 Å². The summed E-state index contributed by atoms with van der Waals surface area (Å²) in [4.78, 5) is 22.4. The lowest BCUT2D eigenvalue weighted by molar-refractivity contribution is -0.171. The normalized spacial score (nSPS) is 21.2. The third-order valence-electron chi connectivity index (χ3n) is 4.36. The summed E-state index contributed by atoms with van der Waals surface area (Å²) in [6.45, 7) is 2.08. The van der Waals surface area contributed by atoms with Crippen LogP contribution in [0.4, 0.5) is 13.2 Å². The first kappa shape index (κ1) is 22.2. The zero-order valence-electron chi connectivity index (χ0n) is 14.9. The van der Waals surface area contributed by atoms with Crippen molar-refractivity contribution >= 4 is 11.9 Å². The second-order valence-electron chi connectivity index (χ2n) is 6.61. The van der Waals surface area contributed by atoms with Crippen molar-refractivity contribution in [2.75, 3.05) is 0 Å². The predicted molar refractivity (Wildman–Crippen MR) is 92.0 cm³/mol. The number of aliphatic carboxylic acids is 1. The molecule has 0 aliphatic heterocycles. The van der Waals surface area contributed by atoms with E-state index in [4.69, 9.17) is 10.8 Å². The molecule has 0 saturated carbocycles. The van der Waals surface area contributed by atoms with Crippen molar-refractivity contribution in [3.8, 4) is 0 Å². The van der Waals surface area contributed by atoms with Crippen LogP contribution in [0.5, 0.6) is 0 Å². The van der Waals surface area contributed by atoms with Crippen LogP contribution in [0.25, 0.3) is 0 Å². The van der Waals surface area contributed by atoms with E-state index in [2.05, 4.69) is 12.2 Å². The van der Waals surface area contributed by atoms with Gasteiger partial charge in [-0.25, -0.2) is 0 Å². The number of carboxylic acid groups (broad SMARTS) is 1. The summed E-state index contributed by atoms with van der Waals surface area (Å²) in [5.74, 6) is -4.41. The Morgan fingerprint density at radius 2 is 1.92 bits per heavy atom. The highest BCUT2D eigenvalue weighted by Gasteiger charge is 2.43. The van der Waals surface area contributed by atoms with E-state index in [1.807, 2.05) is 0 Å². The number of rotatable bonds is 10. The highest BCUT2D eigenvalue weighted by Crippen LogP contribution is 2.39. The van der Waals surface area contributed by atoms with E-state index in [0.29, 0.717) is 6.42 Å². The van der Waals surface area contributed by atoms with Crippen LogP contribution in [0.3, 0.4) is 0 Å². The summed E-state index contributed by atoms with van der Waals surface area (Å²) in [5, 5.41) is 10.9. The Kier molecular flexibility index (Phi) is 8.84. The quantitative estimate of drug-likeness (QED) is 0.509. The number of carboxylic acids is 1. The monoisotopic (exact) mass is 376 g/mol. The largest absolute Gasteiger partial charge is 0.481 e. The summed E-state index contributed by atoms with van der Waals surface area (Å²) in [7, 11) is 0. The summed E-state index contributed by atoms with van der Waals surface area (Å²) >= 11 is 0. The van der Waals surface area contributed by atoms with Crippen molar-refractivity contribution in [1.82, 2.24) is 5.32 Å². The number of alkyl halides is 3. The maximum Gasteiger partial charge on any atom is 0.395 e. The Bertz CT molecular complexity index is 544. The number of unbranched alkanes of at least 4 members (excludes halogenated alkanes) is 4. The van der Waals surface area contributed by atoms with Crippen LogP contribution in [-0.2, 0) is 9.59 Å². The lowest BCUT2D eigenvalue weighted by Crippen LogP contribution is -2.42. The van der Waals surface area contributed by atoms with Gasteiger partial charge in [0.1, 0.15) is 0 Å². The van der Waals surface area contributed by atoms with Gasteiger partial charge in [-0.1, -0.05) is 45.1 Å². The maximum absolute atomic E-state index is 13.4. The number of hydrogen-bond donors (Lipinski definition) is 3. The highest BCUT2D eigenvalue weighted by molar-refractivity contribution is 5.87. The summed E-state index contributed by atoms with van der Waals surface area (Å²) in [5.41, 5.74) is 5.42. The average molecular weight is 376 g/mol. The van der Waals surface area contributed by atoms with Gasteiger partial charge in [-0.15, -0.1) is 0 Å². The highest BCUT2D eigenvalue weighted by atomic mass is 19.4. The molecule has 148 valence electrons. The van der Waals surface area contributed by atoms with Crippen molar-refractivity contribution in [2.24, 2.45) is 17.6 Å². The molecule has 3 atom stereocenters. The number of carbonyl (C=O) groups excluding carboxylic acids is 1. The van der Waals surface area contributed by atoms with Gasteiger partial charge in [0.05, 0.1) is 18.4 Å². The molecule has 0 fully saturated rings. The molecule has 2 unspecified atom stereocenters. The van der Waals surface area contributed by atoms with Crippen molar-refractivity contribution in [3.63, 3.8) is 0 Å². The molecular weight excluding hydrogens is 349 g/mol. The fourth-order valence-electron chi connectivity index (χ4n) is 2.92. The predicted octanol–water partition coefficient (Wildman–Crippen LogP) is 3.51. The van der Waals surface area contributed by atoms with Gasteiger partial charge in [0.25, 0.3) is 0 Å². The molecule has 0 aromatic carbocycles. The van der Waals surface area contributed by atoms with E-state index in [0.717, 1.165) is 38.2 Å². The molecule has 0 radical (unpaired) electrons. The molecule has 0 aromatic rings. The fourth-order valence-corrected chi connectivity index (χ4v) is 2.92. The van der Waals surface area contributed by atoms with E-state index in [9.17, 15) is 22.8 Å². The van der Waals surface area contributed by atoms with Crippen molar-refractivity contribution in [2.45, 2.75) is 64.1 Å². The van der Waals surface area contributed by atoms with Gasteiger partial charge in [0.15, 0.2) is 0 Å². The minimum absolute atomic E-state index is 0.000367. The van der Waals surface area contributed by atoms with Crippen LogP contribution in [0.15, 0.2) is 23.9 Å². The Morgan fingerprint density at radius 1 is 1.27 bits per heavy atom. The first-order valence-electron chi connectivity index (χ1n) is 8.90. The molecule has 8 heteroatoms. The first-order valence-corrected chi connectivity index (χ1v) is 8.90. The van der Waals surface area contributed by atoms with Gasteiger partial charge >= 0.3 is 12.1 Å². The van der Waals surface area contributed by atoms with Crippen molar-refractivity contribution in [3.05, 3.63) is 23.9 Å². The second-order valence-corrected chi connectivity index (χ2v) is 6.61. The van der Waals surface area contributed by atoms with Crippen LogP contribution >= 0.6 is 0 Å². The summed E-state index contributed by atoms with van der Waals surface area (Å²) < 4.78 is 40.1. The van der Waals surface area contributed by atoms with Crippen LogP contribution in [0.2, 0.25) is 0 Å². The number of amides is 1. The van der Waals surface area contributed by atoms with Crippen LogP contribution in [-0.4, -0.2) is 29.2 Å². The molecular formula is C18H27F3N2O3. The van der Waals surface area contributed by atoms with Crippen molar-refractivity contribution in [1.29, 1.82) is 0 Å². The molecule has 1 rings (SSSR count). The molecule has 1 amide bonds. The molecule has 1 aliphatic carbocycles. The molecule has 1 aliphatic rings. The molecule has 26 heavy (non-hydrogen) atoms. The number of halogens is 3. The van der Waals surface area contributed by atoms with Gasteiger partial charge in [-0.3, -0.25) is 9.59 Å². The standard InChI is InChI=1S/C18H27F3N2O3/c1-2-3-4-5-6-7-12-8-9-13(10-14(12)18(19,20)21)23-17(26)15(22)11-16(24)25/h8-10,12,14-15H,2-7,11,22H2,1H3,(H,23,26)(H,24,25)/t12?,14?,15-/m0/s1. The topological polar surface area (TPSA) is 92.4 Å². The minimum Gasteiger partial charge on any atom is -0.481 e. The zero-order chi connectivity index (χ0) is 19.7. The maximum atomic E-state index is 13.4. The summed E-state index contributed by atoms with van der Waals surface area (Å²) in [6, 6.07) is -1.32. The Labute approximate surface area is 151 Å². The second kappa shape index (κ2) is 10.4. The zero-order valence-corrected chi connectivity index (χ0v) is 14.9. The lowest BCUT2D eigenvalue weighted by atomic mass is 9.83. The average Bonchev–Trinajstić information content (AvgIpc) is 2.54. The van der Waals surface area contributed by atoms with Gasteiger partial charge in [-0.05, 0) is 24.5 Å². The van der Waals surface area contributed by atoms with Crippen molar-refractivity contribution < 1.29 is 27.9 Å². The SMILES string of the molecule is CCCCCCCC1C=CC(NC(=O)[C@@H](N)CC(=O)O)=CC1C(F)(F)F. The van der Waals surface area contributed by atoms with Gasteiger partial charge < -0.3 is 16.2 Å². The number of nitrogens with one attached hydrogen (secondary N) is 1. The molecule has 0 aromatic heterocycles. The smallest absolute Gasteiger partial charge is 0.395 e. The number of hydrogen-bond acceptors (Lipinski definition) is 3. The minimum atomic E-state index is -4.42. The Balaban J connectivity index is 2.69. The number of carbonyl (C=O) groups is 2. The molecule has 5 nitrogen and oxygen atoms in total. The van der Waals surface area contributed by atoms with Crippen LogP contribution in [0, 0.1) is 11.8 Å². The summed E-state index contributed by atoms with van der Waals surface area (Å²) in [6.07, 6.45) is 4.11. The van der Waals surface area contributed by atoms with Gasteiger partial charge in [0, 0.05) is 5.70 Å².